The lowest BCUT2D eigenvalue weighted by Gasteiger charge is -2.14. The zero-order valence-electron chi connectivity index (χ0n) is 11.9. The number of rotatable bonds is 4. The molecule has 0 spiro atoms. The smallest absolute Gasteiger partial charge is 0.233 e. The highest BCUT2D eigenvalue weighted by Gasteiger charge is 2.19. The highest BCUT2D eigenvalue weighted by atomic mass is 32.2. The second kappa shape index (κ2) is 6.26. The Morgan fingerprint density at radius 3 is 2.86 bits per heavy atom. The summed E-state index contributed by atoms with van der Waals surface area (Å²) >= 11 is 1.44. The maximum Gasteiger partial charge on any atom is 0.233 e. The largest absolute Gasteiger partial charge is 0.342 e. The van der Waals surface area contributed by atoms with E-state index in [0.717, 1.165) is 42.5 Å². The molecule has 3 heterocycles. The Labute approximate surface area is 127 Å². The van der Waals surface area contributed by atoms with Gasteiger partial charge in [-0.1, -0.05) is 11.8 Å². The molecule has 0 aliphatic carbocycles. The molecule has 0 radical (unpaired) electrons. The van der Waals surface area contributed by atoms with Gasteiger partial charge >= 0.3 is 0 Å². The fourth-order valence-electron chi connectivity index (χ4n) is 2.37. The molecule has 0 atom stereocenters. The van der Waals surface area contributed by atoms with Crippen LogP contribution in [0, 0.1) is 0 Å². The van der Waals surface area contributed by atoms with Crippen LogP contribution < -0.4 is 0 Å². The van der Waals surface area contributed by atoms with E-state index in [1.807, 2.05) is 28.6 Å². The monoisotopic (exact) mass is 303 g/mol. The lowest BCUT2D eigenvalue weighted by atomic mass is 10.3. The summed E-state index contributed by atoms with van der Waals surface area (Å²) in [6.45, 7) is 1.78. The SMILES string of the molecule is Cn1c(SCC(=O)N2CCCC2)nnc1-c1cccnc1. The maximum absolute atomic E-state index is 12.0. The van der Waals surface area contributed by atoms with E-state index < -0.39 is 0 Å². The molecule has 1 saturated heterocycles. The molecule has 7 heteroatoms. The van der Waals surface area contributed by atoms with Crippen LogP contribution in [0.15, 0.2) is 29.7 Å². The molecule has 21 heavy (non-hydrogen) atoms. The number of likely N-dealkylation sites (tertiary alicyclic amines) is 1. The van der Waals surface area contributed by atoms with E-state index >= 15 is 0 Å². The number of amides is 1. The van der Waals surface area contributed by atoms with Crippen molar-refractivity contribution < 1.29 is 4.79 Å². The standard InChI is InChI=1S/C14H17N5OS/c1-18-13(11-5-4-6-15-9-11)16-17-14(18)21-10-12(20)19-7-2-3-8-19/h4-6,9H,2-3,7-8,10H2,1H3. The Hall–Kier alpha value is -1.89. The van der Waals surface area contributed by atoms with Gasteiger partial charge in [-0.2, -0.15) is 0 Å². The van der Waals surface area contributed by atoms with Gasteiger partial charge in [0.15, 0.2) is 11.0 Å². The van der Waals surface area contributed by atoms with Gasteiger partial charge in [-0.15, -0.1) is 10.2 Å². The van der Waals surface area contributed by atoms with Crippen molar-refractivity contribution in [1.82, 2.24) is 24.6 Å². The molecule has 0 saturated carbocycles. The van der Waals surface area contributed by atoms with Crippen LogP contribution in [-0.2, 0) is 11.8 Å². The van der Waals surface area contributed by atoms with Crippen LogP contribution in [0.5, 0.6) is 0 Å². The number of hydrogen-bond donors (Lipinski definition) is 0. The van der Waals surface area contributed by atoms with E-state index in [-0.39, 0.29) is 5.91 Å². The molecule has 1 amide bonds. The fraction of sp³-hybridized carbons (Fsp3) is 0.429. The van der Waals surface area contributed by atoms with Crippen molar-refractivity contribution in [3.8, 4) is 11.4 Å². The van der Waals surface area contributed by atoms with Gasteiger partial charge in [0, 0.05) is 38.1 Å². The van der Waals surface area contributed by atoms with Crippen LogP contribution in [0.4, 0.5) is 0 Å². The first-order valence-corrected chi connectivity index (χ1v) is 7.94. The predicted octanol–water partition coefficient (Wildman–Crippen LogP) is 1.59. The van der Waals surface area contributed by atoms with E-state index in [2.05, 4.69) is 15.2 Å². The minimum Gasteiger partial charge on any atom is -0.342 e. The second-order valence-electron chi connectivity index (χ2n) is 4.98. The third-order valence-corrected chi connectivity index (χ3v) is 4.54. The normalized spacial score (nSPS) is 14.6. The van der Waals surface area contributed by atoms with Crippen molar-refractivity contribution >= 4 is 17.7 Å². The molecule has 1 fully saturated rings. The number of thioether (sulfide) groups is 1. The van der Waals surface area contributed by atoms with Gasteiger partial charge < -0.3 is 9.47 Å². The van der Waals surface area contributed by atoms with Crippen LogP contribution in [0.25, 0.3) is 11.4 Å². The highest BCUT2D eigenvalue weighted by Crippen LogP contribution is 2.22. The lowest BCUT2D eigenvalue weighted by molar-refractivity contribution is -0.127. The average molecular weight is 303 g/mol. The zero-order valence-corrected chi connectivity index (χ0v) is 12.7. The van der Waals surface area contributed by atoms with Crippen molar-refractivity contribution in [2.24, 2.45) is 7.05 Å². The van der Waals surface area contributed by atoms with Crippen molar-refractivity contribution in [3.63, 3.8) is 0 Å². The quantitative estimate of drug-likeness (QED) is 0.803. The van der Waals surface area contributed by atoms with E-state index in [1.165, 1.54) is 11.8 Å². The molecule has 0 aromatic carbocycles. The summed E-state index contributed by atoms with van der Waals surface area (Å²) in [7, 11) is 1.91. The van der Waals surface area contributed by atoms with Gasteiger partial charge in [-0.25, -0.2) is 0 Å². The Bertz CT molecular complexity index is 622. The lowest BCUT2D eigenvalue weighted by Crippen LogP contribution is -2.29. The third-order valence-electron chi connectivity index (χ3n) is 3.54. The van der Waals surface area contributed by atoms with E-state index in [4.69, 9.17) is 0 Å². The van der Waals surface area contributed by atoms with E-state index in [9.17, 15) is 4.79 Å². The Morgan fingerprint density at radius 1 is 1.33 bits per heavy atom. The minimum absolute atomic E-state index is 0.184. The number of carbonyl (C=O) groups is 1. The minimum atomic E-state index is 0.184. The molecule has 110 valence electrons. The van der Waals surface area contributed by atoms with Gasteiger partial charge in [0.25, 0.3) is 0 Å². The second-order valence-corrected chi connectivity index (χ2v) is 5.93. The first-order chi connectivity index (χ1) is 10.3. The van der Waals surface area contributed by atoms with Crippen molar-refractivity contribution in [3.05, 3.63) is 24.5 Å². The zero-order chi connectivity index (χ0) is 14.7. The summed E-state index contributed by atoms with van der Waals surface area (Å²) < 4.78 is 1.90. The first kappa shape index (κ1) is 14.1. The molecule has 0 N–H and O–H groups in total. The topological polar surface area (TPSA) is 63.9 Å². The number of pyridine rings is 1. The fourth-order valence-corrected chi connectivity index (χ4v) is 3.18. The molecular weight excluding hydrogens is 286 g/mol. The summed E-state index contributed by atoms with van der Waals surface area (Å²) in [5.41, 5.74) is 0.921. The summed E-state index contributed by atoms with van der Waals surface area (Å²) in [5, 5.41) is 9.11. The molecule has 1 aliphatic rings. The van der Waals surface area contributed by atoms with E-state index in [0.29, 0.717) is 5.75 Å². The predicted molar refractivity (Wildman–Crippen MR) is 80.8 cm³/mol. The van der Waals surface area contributed by atoms with E-state index in [1.54, 1.807) is 12.4 Å². The molecular formula is C14H17N5OS. The number of carbonyl (C=O) groups excluding carboxylic acids is 1. The molecule has 6 nitrogen and oxygen atoms in total. The summed E-state index contributed by atoms with van der Waals surface area (Å²) in [6.07, 6.45) is 5.72. The van der Waals surface area contributed by atoms with Crippen molar-refractivity contribution in [2.45, 2.75) is 18.0 Å². The number of aromatic nitrogens is 4. The van der Waals surface area contributed by atoms with Gasteiger partial charge in [0.1, 0.15) is 0 Å². The van der Waals surface area contributed by atoms with Gasteiger partial charge in [0.05, 0.1) is 5.75 Å². The Kier molecular flexibility index (Phi) is 4.19. The highest BCUT2D eigenvalue weighted by molar-refractivity contribution is 7.99. The number of nitrogens with zero attached hydrogens (tertiary/aromatic N) is 5. The van der Waals surface area contributed by atoms with Crippen molar-refractivity contribution in [1.29, 1.82) is 0 Å². The molecule has 0 bridgehead atoms. The Balaban J connectivity index is 1.67. The van der Waals surface area contributed by atoms with Gasteiger partial charge in [-0.3, -0.25) is 9.78 Å². The first-order valence-electron chi connectivity index (χ1n) is 6.96. The van der Waals surface area contributed by atoms with Crippen LogP contribution in [0.3, 0.4) is 0 Å². The maximum atomic E-state index is 12.0. The average Bonchev–Trinajstić information content (AvgIpc) is 3.16. The van der Waals surface area contributed by atoms with Gasteiger partial charge in [0.2, 0.25) is 5.91 Å². The molecule has 3 rings (SSSR count). The van der Waals surface area contributed by atoms with Crippen LogP contribution in [0.1, 0.15) is 12.8 Å². The van der Waals surface area contributed by atoms with Crippen LogP contribution in [0.2, 0.25) is 0 Å². The molecule has 1 aliphatic heterocycles. The van der Waals surface area contributed by atoms with Crippen LogP contribution >= 0.6 is 11.8 Å². The molecule has 2 aromatic heterocycles. The third kappa shape index (κ3) is 3.07. The van der Waals surface area contributed by atoms with Gasteiger partial charge in [-0.05, 0) is 25.0 Å². The summed E-state index contributed by atoms with van der Waals surface area (Å²) in [5.74, 6) is 1.36. The molecule has 2 aromatic rings. The van der Waals surface area contributed by atoms with Crippen LogP contribution in [-0.4, -0.2) is 49.4 Å². The summed E-state index contributed by atoms with van der Waals surface area (Å²) in [4.78, 5) is 18.1. The summed E-state index contributed by atoms with van der Waals surface area (Å²) in [6, 6.07) is 3.81. The van der Waals surface area contributed by atoms with Crippen molar-refractivity contribution in [2.75, 3.05) is 18.8 Å². The number of hydrogen-bond acceptors (Lipinski definition) is 5. The Morgan fingerprint density at radius 2 is 2.14 bits per heavy atom. The molecule has 0 unspecified atom stereocenters.